The molecule has 1 heterocycles. The zero-order chi connectivity index (χ0) is 10.7. The zero-order valence-corrected chi connectivity index (χ0v) is 9.74. The molecule has 1 aromatic heterocycles. The van der Waals surface area contributed by atoms with Crippen LogP contribution in [0.4, 0.5) is 0 Å². The Morgan fingerprint density at radius 3 is 3.07 bits per heavy atom. The highest BCUT2D eigenvalue weighted by molar-refractivity contribution is 4.99. The second-order valence-corrected chi connectivity index (χ2v) is 4.66. The first-order valence-corrected chi connectivity index (χ1v) is 5.96. The van der Waals surface area contributed by atoms with E-state index < -0.39 is 0 Å². The summed E-state index contributed by atoms with van der Waals surface area (Å²) in [6, 6.07) is 0.738. The first-order valence-electron chi connectivity index (χ1n) is 5.96. The van der Waals surface area contributed by atoms with Gasteiger partial charge in [-0.05, 0) is 44.7 Å². The molecule has 15 heavy (non-hydrogen) atoms. The number of hydrogen-bond acceptors (Lipinski definition) is 2. The number of aryl methyl sites for hydroxylation is 2. The van der Waals surface area contributed by atoms with Crippen LogP contribution in [0.2, 0.25) is 0 Å². The summed E-state index contributed by atoms with van der Waals surface area (Å²) in [6.07, 6.45) is 9.43. The molecule has 1 N–H and O–H groups in total. The third-order valence-electron chi connectivity index (χ3n) is 3.52. The topological polar surface area (TPSA) is 29.9 Å². The van der Waals surface area contributed by atoms with E-state index in [2.05, 4.69) is 35.3 Å². The van der Waals surface area contributed by atoms with Gasteiger partial charge < -0.3 is 5.32 Å². The summed E-state index contributed by atoms with van der Waals surface area (Å²) in [5.74, 6) is 0.847. The molecule has 0 bridgehead atoms. The minimum absolute atomic E-state index is 0.738. The van der Waals surface area contributed by atoms with Gasteiger partial charge in [-0.3, -0.25) is 4.68 Å². The lowest BCUT2D eigenvalue weighted by Crippen LogP contribution is -2.29. The Morgan fingerprint density at radius 1 is 1.53 bits per heavy atom. The Morgan fingerprint density at radius 2 is 2.40 bits per heavy atom. The Labute approximate surface area is 91.9 Å². The quantitative estimate of drug-likeness (QED) is 0.818. The molecule has 0 amide bonds. The van der Waals surface area contributed by atoms with Crippen LogP contribution in [0, 0.1) is 12.8 Å². The van der Waals surface area contributed by atoms with Crippen molar-refractivity contribution in [2.75, 3.05) is 7.05 Å². The van der Waals surface area contributed by atoms with E-state index in [1.807, 2.05) is 6.20 Å². The first kappa shape index (κ1) is 10.7. The number of hydrogen-bond donors (Lipinski definition) is 1. The van der Waals surface area contributed by atoms with Crippen molar-refractivity contribution in [2.24, 2.45) is 5.92 Å². The van der Waals surface area contributed by atoms with E-state index in [4.69, 9.17) is 0 Å². The van der Waals surface area contributed by atoms with Gasteiger partial charge in [0.05, 0.1) is 6.20 Å². The molecule has 3 nitrogen and oxygen atoms in total. The number of aromatic nitrogens is 2. The van der Waals surface area contributed by atoms with Crippen molar-refractivity contribution in [2.45, 2.75) is 45.2 Å². The highest BCUT2D eigenvalue weighted by Crippen LogP contribution is 2.28. The predicted octanol–water partition coefficient (Wildman–Crippen LogP) is 1.97. The van der Waals surface area contributed by atoms with Crippen molar-refractivity contribution >= 4 is 0 Å². The van der Waals surface area contributed by atoms with Crippen LogP contribution in [-0.4, -0.2) is 22.9 Å². The molecule has 0 radical (unpaired) electrons. The molecule has 1 aromatic rings. The van der Waals surface area contributed by atoms with Crippen molar-refractivity contribution in [3.8, 4) is 0 Å². The minimum Gasteiger partial charge on any atom is -0.317 e. The predicted molar refractivity (Wildman–Crippen MR) is 61.8 cm³/mol. The van der Waals surface area contributed by atoms with Crippen LogP contribution in [0.5, 0.6) is 0 Å². The van der Waals surface area contributed by atoms with Gasteiger partial charge in [-0.25, -0.2) is 0 Å². The SMILES string of the molecule is CNC1CCCC1CCn1cc(C)cn1. The molecule has 0 saturated heterocycles. The van der Waals surface area contributed by atoms with E-state index in [0.717, 1.165) is 18.5 Å². The van der Waals surface area contributed by atoms with Crippen LogP contribution in [0.25, 0.3) is 0 Å². The van der Waals surface area contributed by atoms with Crippen molar-refractivity contribution in [3.05, 3.63) is 18.0 Å². The van der Waals surface area contributed by atoms with E-state index in [1.165, 1.54) is 31.2 Å². The summed E-state index contributed by atoms with van der Waals surface area (Å²) < 4.78 is 2.07. The Kier molecular flexibility index (Phi) is 3.41. The molecule has 2 atom stereocenters. The summed E-state index contributed by atoms with van der Waals surface area (Å²) in [7, 11) is 2.08. The molecule has 1 aliphatic carbocycles. The van der Waals surface area contributed by atoms with Crippen molar-refractivity contribution in [3.63, 3.8) is 0 Å². The van der Waals surface area contributed by atoms with Gasteiger partial charge in [0.15, 0.2) is 0 Å². The van der Waals surface area contributed by atoms with Crippen molar-refractivity contribution < 1.29 is 0 Å². The molecule has 0 aromatic carbocycles. The Hall–Kier alpha value is -0.830. The van der Waals surface area contributed by atoms with Crippen LogP contribution in [0.15, 0.2) is 12.4 Å². The fraction of sp³-hybridized carbons (Fsp3) is 0.750. The Balaban J connectivity index is 1.82. The van der Waals surface area contributed by atoms with Gasteiger partial charge in [0.25, 0.3) is 0 Å². The zero-order valence-electron chi connectivity index (χ0n) is 9.74. The van der Waals surface area contributed by atoms with Crippen LogP contribution in [0.3, 0.4) is 0 Å². The van der Waals surface area contributed by atoms with E-state index in [9.17, 15) is 0 Å². The summed E-state index contributed by atoms with van der Waals surface area (Å²) in [5, 5.41) is 7.75. The van der Waals surface area contributed by atoms with Crippen molar-refractivity contribution in [1.29, 1.82) is 0 Å². The van der Waals surface area contributed by atoms with Gasteiger partial charge in [0.2, 0.25) is 0 Å². The summed E-state index contributed by atoms with van der Waals surface area (Å²) >= 11 is 0. The average molecular weight is 207 g/mol. The Bertz CT molecular complexity index is 306. The van der Waals surface area contributed by atoms with Gasteiger partial charge in [0.1, 0.15) is 0 Å². The fourth-order valence-corrected chi connectivity index (χ4v) is 2.65. The maximum Gasteiger partial charge on any atom is 0.0518 e. The van der Waals surface area contributed by atoms with E-state index in [0.29, 0.717) is 0 Å². The van der Waals surface area contributed by atoms with Crippen LogP contribution in [0.1, 0.15) is 31.2 Å². The third-order valence-corrected chi connectivity index (χ3v) is 3.52. The molecule has 2 rings (SSSR count). The molecule has 1 aliphatic rings. The second kappa shape index (κ2) is 4.79. The summed E-state index contributed by atoms with van der Waals surface area (Å²) in [5.41, 5.74) is 1.26. The minimum atomic E-state index is 0.738. The maximum atomic E-state index is 4.32. The monoisotopic (exact) mass is 207 g/mol. The van der Waals surface area contributed by atoms with Crippen LogP contribution < -0.4 is 5.32 Å². The molecular weight excluding hydrogens is 186 g/mol. The van der Waals surface area contributed by atoms with E-state index in [-0.39, 0.29) is 0 Å². The number of rotatable bonds is 4. The van der Waals surface area contributed by atoms with E-state index in [1.54, 1.807) is 0 Å². The summed E-state index contributed by atoms with van der Waals surface area (Å²) in [4.78, 5) is 0. The lowest BCUT2D eigenvalue weighted by atomic mass is 10.00. The highest BCUT2D eigenvalue weighted by Gasteiger charge is 2.25. The number of nitrogens with zero attached hydrogens (tertiary/aromatic N) is 2. The fourth-order valence-electron chi connectivity index (χ4n) is 2.65. The van der Waals surface area contributed by atoms with Gasteiger partial charge >= 0.3 is 0 Å². The molecule has 3 heteroatoms. The molecular formula is C12H21N3. The largest absolute Gasteiger partial charge is 0.317 e. The smallest absolute Gasteiger partial charge is 0.0518 e. The van der Waals surface area contributed by atoms with Gasteiger partial charge in [-0.1, -0.05) is 6.42 Å². The normalized spacial score (nSPS) is 26.0. The van der Waals surface area contributed by atoms with E-state index >= 15 is 0 Å². The molecule has 0 spiro atoms. The van der Waals surface area contributed by atoms with Gasteiger partial charge in [0, 0.05) is 18.8 Å². The van der Waals surface area contributed by atoms with Crippen LogP contribution in [-0.2, 0) is 6.54 Å². The van der Waals surface area contributed by atoms with Gasteiger partial charge in [-0.15, -0.1) is 0 Å². The number of nitrogens with one attached hydrogen (secondary N) is 1. The third kappa shape index (κ3) is 2.59. The standard InChI is InChI=1S/C12H21N3/c1-10-8-14-15(9-10)7-6-11-4-3-5-12(11)13-2/h8-9,11-13H,3-7H2,1-2H3. The highest BCUT2D eigenvalue weighted by atomic mass is 15.3. The average Bonchev–Trinajstić information content (AvgIpc) is 2.83. The summed E-state index contributed by atoms with van der Waals surface area (Å²) in [6.45, 7) is 3.16. The molecule has 84 valence electrons. The second-order valence-electron chi connectivity index (χ2n) is 4.66. The maximum absolute atomic E-state index is 4.32. The first-order chi connectivity index (χ1) is 7.29. The van der Waals surface area contributed by atoms with Crippen LogP contribution >= 0.6 is 0 Å². The molecule has 2 unspecified atom stereocenters. The molecule has 1 saturated carbocycles. The lowest BCUT2D eigenvalue weighted by Gasteiger charge is -2.18. The van der Waals surface area contributed by atoms with Gasteiger partial charge in [-0.2, -0.15) is 5.10 Å². The molecule has 0 aliphatic heterocycles. The molecule has 1 fully saturated rings. The lowest BCUT2D eigenvalue weighted by molar-refractivity contribution is 0.369. The van der Waals surface area contributed by atoms with Crippen molar-refractivity contribution in [1.82, 2.24) is 15.1 Å².